The predicted molar refractivity (Wildman–Crippen MR) is 123 cm³/mol. The van der Waals surface area contributed by atoms with Crippen LogP contribution in [0, 0.1) is 6.92 Å². The van der Waals surface area contributed by atoms with Crippen LogP contribution in [0.15, 0.2) is 48.7 Å². The van der Waals surface area contributed by atoms with E-state index < -0.39 is 22.6 Å². The van der Waals surface area contributed by atoms with Crippen LogP contribution in [0.1, 0.15) is 22.4 Å². The van der Waals surface area contributed by atoms with Crippen LogP contribution in [0.5, 0.6) is 11.5 Å². The van der Waals surface area contributed by atoms with Crippen molar-refractivity contribution in [3.05, 3.63) is 76.1 Å². The van der Waals surface area contributed by atoms with Crippen molar-refractivity contribution < 1.29 is 27.8 Å². The van der Waals surface area contributed by atoms with E-state index in [4.69, 9.17) is 26.2 Å². The number of hydrogen-bond acceptors (Lipinski definition) is 7. The predicted octanol–water partition coefficient (Wildman–Crippen LogP) is 3.44. The van der Waals surface area contributed by atoms with Crippen molar-refractivity contribution in [1.29, 1.82) is 0 Å². The Labute approximate surface area is 196 Å². The summed E-state index contributed by atoms with van der Waals surface area (Å²) in [4.78, 5) is 18.7. The van der Waals surface area contributed by atoms with Gasteiger partial charge in [-0.2, -0.15) is 0 Å². The number of sulfonamides is 1. The van der Waals surface area contributed by atoms with Crippen molar-refractivity contribution in [1.82, 2.24) is 9.97 Å². The van der Waals surface area contributed by atoms with Crippen LogP contribution >= 0.6 is 11.6 Å². The van der Waals surface area contributed by atoms with E-state index in [1.807, 2.05) is 37.3 Å². The minimum atomic E-state index is -3.46. The van der Waals surface area contributed by atoms with Crippen molar-refractivity contribution in [3.8, 4) is 11.5 Å². The normalized spacial score (nSPS) is 11.1. The van der Waals surface area contributed by atoms with Crippen LogP contribution in [0.2, 0.25) is 5.02 Å². The summed E-state index contributed by atoms with van der Waals surface area (Å²) in [5, 5.41) is 9.14. The Kier molecular flexibility index (Phi) is 7.72. The summed E-state index contributed by atoms with van der Waals surface area (Å²) < 4.78 is 35.8. The van der Waals surface area contributed by atoms with Gasteiger partial charge in [-0.05, 0) is 54.3 Å². The van der Waals surface area contributed by atoms with Gasteiger partial charge in [-0.3, -0.25) is 4.72 Å². The first kappa shape index (κ1) is 24.3. The zero-order chi connectivity index (χ0) is 24.0. The van der Waals surface area contributed by atoms with Crippen LogP contribution in [0.25, 0.3) is 0 Å². The molecule has 1 aromatic heterocycles. The number of aliphatic carboxylic acids is 1. The number of carboxylic acids is 1. The molecule has 33 heavy (non-hydrogen) atoms. The number of rotatable bonds is 10. The highest BCUT2D eigenvalue weighted by molar-refractivity contribution is 7.91. The number of aryl methyl sites for hydroxylation is 1. The van der Waals surface area contributed by atoms with Crippen molar-refractivity contribution in [2.75, 3.05) is 17.6 Å². The van der Waals surface area contributed by atoms with E-state index in [9.17, 15) is 13.2 Å². The fraction of sp³-hybridized carbons (Fsp3) is 0.227. The lowest BCUT2D eigenvalue weighted by atomic mass is 10.0. The molecule has 11 heteroatoms. The summed E-state index contributed by atoms with van der Waals surface area (Å²) in [5.41, 5.74) is 3.27. The molecule has 0 amide bonds. The quantitative estimate of drug-likeness (QED) is 0.441. The van der Waals surface area contributed by atoms with Gasteiger partial charge in [-0.15, -0.1) is 0 Å². The highest BCUT2D eigenvalue weighted by atomic mass is 35.5. The van der Waals surface area contributed by atoms with Crippen molar-refractivity contribution in [2.45, 2.75) is 20.0 Å². The van der Waals surface area contributed by atoms with E-state index in [-0.39, 0.29) is 12.6 Å². The molecule has 0 unspecified atom stereocenters. The summed E-state index contributed by atoms with van der Waals surface area (Å²) >= 11 is 6.27. The van der Waals surface area contributed by atoms with Crippen LogP contribution < -0.4 is 14.2 Å². The highest BCUT2D eigenvalue weighted by Gasteiger charge is 2.11. The summed E-state index contributed by atoms with van der Waals surface area (Å²) in [5.74, 6) is -0.0855. The number of ether oxygens (including phenoxy) is 2. The molecule has 0 bridgehead atoms. The van der Waals surface area contributed by atoms with Crippen molar-refractivity contribution in [3.63, 3.8) is 0 Å². The Hall–Kier alpha value is -3.37. The molecular formula is C22H22ClN3O6S. The fourth-order valence-corrected chi connectivity index (χ4v) is 3.78. The maximum atomic E-state index is 11.3. The Morgan fingerprint density at radius 1 is 1.12 bits per heavy atom. The molecule has 0 saturated carbocycles. The molecule has 0 aliphatic rings. The Balaban J connectivity index is 1.61. The lowest BCUT2D eigenvalue weighted by molar-refractivity contribution is -0.139. The fourth-order valence-electron chi connectivity index (χ4n) is 3.01. The highest BCUT2D eigenvalue weighted by Crippen LogP contribution is 2.31. The number of aromatic nitrogens is 2. The zero-order valence-electron chi connectivity index (χ0n) is 17.9. The summed E-state index contributed by atoms with van der Waals surface area (Å²) in [6.07, 6.45) is 3.10. The molecule has 0 radical (unpaired) electrons. The number of benzene rings is 2. The number of hydrogen-bond donors (Lipinski definition) is 2. The Bertz CT molecular complexity index is 1230. The van der Waals surface area contributed by atoms with Crippen molar-refractivity contribution >= 4 is 33.5 Å². The standard InChI is InChI=1S/C22H22ClN3O6S/c1-14-9-16(11-19(23)21(14)32-13-20(27)28)10-15-3-5-18(6-4-15)31-12-17-7-8-24-22(25-17)26-33(2,29)30/h3-9,11H,10,12-13H2,1-2H3,(H,27,28)(H,24,25,26). The number of carboxylic acid groups (broad SMARTS) is 1. The molecule has 0 saturated heterocycles. The minimum absolute atomic E-state index is 0.0118. The van der Waals surface area contributed by atoms with Crippen LogP contribution in [0.3, 0.4) is 0 Å². The smallest absolute Gasteiger partial charge is 0.341 e. The molecule has 3 rings (SSSR count). The average Bonchev–Trinajstić information content (AvgIpc) is 2.71. The third-order valence-electron chi connectivity index (χ3n) is 4.34. The van der Waals surface area contributed by atoms with Gasteiger partial charge in [-0.1, -0.05) is 29.8 Å². The lowest BCUT2D eigenvalue weighted by Gasteiger charge is -2.12. The zero-order valence-corrected chi connectivity index (χ0v) is 19.5. The van der Waals surface area contributed by atoms with Crippen molar-refractivity contribution in [2.24, 2.45) is 0 Å². The molecule has 1 heterocycles. The van der Waals surface area contributed by atoms with Crippen LogP contribution in [0.4, 0.5) is 5.95 Å². The second kappa shape index (κ2) is 10.5. The third-order valence-corrected chi connectivity index (χ3v) is 5.17. The molecular weight excluding hydrogens is 470 g/mol. The molecule has 0 aliphatic heterocycles. The molecule has 0 aliphatic carbocycles. The topological polar surface area (TPSA) is 128 Å². The molecule has 0 atom stereocenters. The maximum Gasteiger partial charge on any atom is 0.341 e. The maximum absolute atomic E-state index is 11.3. The van der Waals surface area contributed by atoms with Gasteiger partial charge in [-0.25, -0.2) is 23.2 Å². The summed E-state index contributed by atoms with van der Waals surface area (Å²) in [6, 6.07) is 12.8. The van der Waals surface area contributed by atoms with Gasteiger partial charge in [0.05, 0.1) is 17.0 Å². The molecule has 9 nitrogen and oxygen atoms in total. The Morgan fingerprint density at radius 3 is 2.48 bits per heavy atom. The van der Waals surface area contributed by atoms with Gasteiger partial charge in [0.1, 0.15) is 18.1 Å². The number of nitrogens with one attached hydrogen (secondary N) is 1. The van der Waals surface area contributed by atoms with E-state index in [0.717, 1.165) is 22.9 Å². The summed E-state index contributed by atoms with van der Waals surface area (Å²) in [6.45, 7) is 1.51. The van der Waals surface area contributed by atoms with E-state index in [0.29, 0.717) is 28.6 Å². The monoisotopic (exact) mass is 491 g/mol. The molecule has 174 valence electrons. The van der Waals surface area contributed by atoms with Gasteiger partial charge in [0.15, 0.2) is 6.61 Å². The van der Waals surface area contributed by atoms with Gasteiger partial charge in [0.25, 0.3) is 0 Å². The lowest BCUT2D eigenvalue weighted by Crippen LogP contribution is -2.13. The number of anilines is 1. The summed E-state index contributed by atoms with van der Waals surface area (Å²) in [7, 11) is -3.46. The minimum Gasteiger partial charge on any atom is -0.487 e. The SMILES string of the molecule is Cc1cc(Cc2ccc(OCc3ccnc(NS(C)(=O)=O)n3)cc2)cc(Cl)c1OCC(=O)O. The number of nitrogens with zero attached hydrogens (tertiary/aromatic N) is 2. The molecule has 2 N–H and O–H groups in total. The van der Waals surface area contributed by atoms with Gasteiger partial charge < -0.3 is 14.6 Å². The van der Waals surface area contributed by atoms with Gasteiger partial charge in [0.2, 0.25) is 16.0 Å². The number of carbonyl (C=O) groups is 1. The third kappa shape index (κ3) is 7.62. The first-order valence-electron chi connectivity index (χ1n) is 9.74. The second-order valence-corrected chi connectivity index (χ2v) is 9.42. The molecule has 2 aromatic carbocycles. The van der Waals surface area contributed by atoms with E-state index in [1.54, 1.807) is 12.1 Å². The average molecular weight is 492 g/mol. The second-order valence-electron chi connectivity index (χ2n) is 7.26. The van der Waals surface area contributed by atoms with E-state index in [2.05, 4.69) is 14.7 Å². The van der Waals surface area contributed by atoms with Gasteiger partial charge >= 0.3 is 5.97 Å². The molecule has 3 aromatic rings. The molecule has 0 fully saturated rings. The largest absolute Gasteiger partial charge is 0.487 e. The molecule has 0 spiro atoms. The van der Waals surface area contributed by atoms with Crippen LogP contribution in [-0.4, -0.2) is 42.3 Å². The van der Waals surface area contributed by atoms with Crippen LogP contribution in [-0.2, 0) is 27.8 Å². The van der Waals surface area contributed by atoms with E-state index >= 15 is 0 Å². The first-order chi connectivity index (χ1) is 15.6. The first-order valence-corrected chi connectivity index (χ1v) is 12.0. The van der Waals surface area contributed by atoms with E-state index in [1.165, 1.54) is 6.20 Å². The van der Waals surface area contributed by atoms with Gasteiger partial charge in [0, 0.05) is 6.20 Å². The Morgan fingerprint density at radius 2 is 1.85 bits per heavy atom. The number of halogens is 1.